The van der Waals surface area contributed by atoms with Gasteiger partial charge < -0.3 is 9.13 Å². The smallest absolute Gasteiger partial charge is 0.137 e. The standard InChI is InChI=1S/C28H25N3/c1-19-26(22-14-8-10-16-24(22)30(19)3)28(18-29,21-12-6-5-7-13-21)27-20(2)31(4)25-17-11-9-15-23(25)27/h5-17H,1-4H3. The highest BCUT2D eigenvalue weighted by Crippen LogP contribution is 2.48. The minimum absolute atomic E-state index is 0.933. The molecular weight excluding hydrogens is 378 g/mol. The Hall–Kier alpha value is -3.77. The van der Waals surface area contributed by atoms with E-state index in [-0.39, 0.29) is 0 Å². The number of benzene rings is 3. The van der Waals surface area contributed by atoms with E-state index in [1.54, 1.807) is 0 Å². The Morgan fingerprint density at radius 2 is 1.06 bits per heavy atom. The van der Waals surface area contributed by atoms with Gasteiger partial charge in [0.2, 0.25) is 0 Å². The van der Waals surface area contributed by atoms with Crippen LogP contribution in [0.1, 0.15) is 28.1 Å². The summed E-state index contributed by atoms with van der Waals surface area (Å²) in [7, 11) is 4.18. The molecule has 0 fully saturated rings. The molecule has 5 rings (SSSR count). The zero-order valence-corrected chi connectivity index (χ0v) is 18.3. The molecule has 0 N–H and O–H groups in total. The van der Waals surface area contributed by atoms with Gasteiger partial charge in [-0.05, 0) is 31.5 Å². The molecule has 5 aromatic rings. The fourth-order valence-electron chi connectivity index (χ4n) is 5.27. The van der Waals surface area contributed by atoms with E-state index >= 15 is 0 Å². The Balaban J connectivity index is 2.05. The highest BCUT2D eigenvalue weighted by molar-refractivity contribution is 5.94. The zero-order valence-electron chi connectivity index (χ0n) is 18.3. The van der Waals surface area contributed by atoms with Gasteiger partial charge in [-0.15, -0.1) is 0 Å². The molecule has 0 amide bonds. The zero-order chi connectivity index (χ0) is 21.8. The van der Waals surface area contributed by atoms with Gasteiger partial charge in [-0.2, -0.15) is 5.26 Å². The predicted octanol–water partition coefficient (Wildman–Crippen LogP) is 6.14. The van der Waals surface area contributed by atoms with Crippen LogP contribution in [0.4, 0.5) is 0 Å². The van der Waals surface area contributed by atoms with Crippen molar-refractivity contribution in [2.45, 2.75) is 19.3 Å². The molecule has 0 radical (unpaired) electrons. The van der Waals surface area contributed by atoms with E-state index < -0.39 is 5.41 Å². The molecule has 0 unspecified atom stereocenters. The Morgan fingerprint density at radius 3 is 1.52 bits per heavy atom. The Morgan fingerprint density at radius 1 is 0.645 bits per heavy atom. The lowest BCUT2D eigenvalue weighted by molar-refractivity contribution is 0.762. The van der Waals surface area contributed by atoms with Gasteiger partial charge in [0, 0.05) is 58.4 Å². The van der Waals surface area contributed by atoms with Gasteiger partial charge in [0.05, 0.1) is 6.07 Å². The van der Waals surface area contributed by atoms with E-state index in [0.29, 0.717) is 0 Å². The Kier molecular flexibility index (Phi) is 4.27. The maximum atomic E-state index is 11.1. The van der Waals surface area contributed by atoms with Crippen LogP contribution >= 0.6 is 0 Å². The van der Waals surface area contributed by atoms with Crippen LogP contribution in [0.2, 0.25) is 0 Å². The maximum absolute atomic E-state index is 11.1. The largest absolute Gasteiger partial charge is 0.348 e. The average Bonchev–Trinajstić information content (AvgIpc) is 3.22. The van der Waals surface area contributed by atoms with E-state index in [0.717, 1.165) is 49.9 Å². The third-order valence-electron chi connectivity index (χ3n) is 6.92. The van der Waals surface area contributed by atoms with Crippen molar-refractivity contribution in [1.29, 1.82) is 5.26 Å². The predicted molar refractivity (Wildman–Crippen MR) is 127 cm³/mol. The lowest BCUT2D eigenvalue weighted by atomic mass is 9.68. The molecule has 2 aromatic heterocycles. The quantitative estimate of drug-likeness (QED) is 0.356. The lowest BCUT2D eigenvalue weighted by Gasteiger charge is -2.30. The summed E-state index contributed by atoms with van der Waals surface area (Å²) < 4.78 is 4.42. The van der Waals surface area contributed by atoms with Crippen molar-refractivity contribution in [1.82, 2.24) is 9.13 Å². The summed E-state index contributed by atoms with van der Waals surface area (Å²) in [6, 6.07) is 29.9. The lowest BCUT2D eigenvalue weighted by Crippen LogP contribution is -2.29. The number of hydrogen-bond acceptors (Lipinski definition) is 1. The molecule has 0 atom stereocenters. The molecular formula is C28H25N3. The van der Waals surface area contributed by atoms with Crippen LogP contribution in [0.3, 0.4) is 0 Å². The second-order valence-electron chi connectivity index (χ2n) is 8.30. The number of nitriles is 1. The van der Waals surface area contributed by atoms with Gasteiger partial charge in [-0.1, -0.05) is 66.7 Å². The first-order valence-electron chi connectivity index (χ1n) is 10.6. The Labute approximate surface area is 182 Å². The number of rotatable bonds is 3. The maximum Gasteiger partial charge on any atom is 0.137 e. The first-order valence-corrected chi connectivity index (χ1v) is 10.6. The van der Waals surface area contributed by atoms with E-state index in [2.05, 4.69) is 104 Å². The minimum atomic E-state index is -0.933. The fourth-order valence-corrected chi connectivity index (χ4v) is 5.27. The summed E-state index contributed by atoms with van der Waals surface area (Å²) in [5.74, 6) is 0. The summed E-state index contributed by atoms with van der Waals surface area (Å²) in [6.07, 6.45) is 0. The van der Waals surface area contributed by atoms with E-state index in [4.69, 9.17) is 0 Å². The van der Waals surface area contributed by atoms with E-state index in [9.17, 15) is 5.26 Å². The van der Waals surface area contributed by atoms with Gasteiger partial charge in [-0.3, -0.25) is 0 Å². The van der Waals surface area contributed by atoms with Crippen LogP contribution in [0, 0.1) is 25.2 Å². The minimum Gasteiger partial charge on any atom is -0.348 e. The van der Waals surface area contributed by atoms with Gasteiger partial charge in [0.15, 0.2) is 0 Å². The van der Waals surface area contributed by atoms with Crippen molar-refractivity contribution < 1.29 is 0 Å². The molecule has 2 heterocycles. The van der Waals surface area contributed by atoms with Crippen molar-refractivity contribution in [3.8, 4) is 6.07 Å². The summed E-state index contributed by atoms with van der Waals surface area (Å²) in [5.41, 5.74) is 6.70. The molecule has 3 aromatic carbocycles. The van der Waals surface area contributed by atoms with E-state index in [1.165, 1.54) is 0 Å². The SMILES string of the molecule is Cc1c(C(C#N)(c2ccccc2)c2c(C)n(C)c3ccccc23)c2ccccc2n1C. The number of aromatic nitrogens is 2. The van der Waals surface area contributed by atoms with Crippen molar-refractivity contribution in [3.63, 3.8) is 0 Å². The summed E-state index contributed by atoms with van der Waals surface area (Å²) in [6.45, 7) is 4.26. The van der Waals surface area contributed by atoms with Crippen molar-refractivity contribution >= 4 is 21.8 Å². The molecule has 31 heavy (non-hydrogen) atoms. The average molecular weight is 404 g/mol. The summed E-state index contributed by atoms with van der Waals surface area (Å²) in [5, 5.41) is 13.3. The van der Waals surface area contributed by atoms with Gasteiger partial charge in [-0.25, -0.2) is 0 Å². The molecule has 0 saturated carbocycles. The molecule has 0 bridgehead atoms. The highest BCUT2D eigenvalue weighted by atomic mass is 15.0. The summed E-state index contributed by atoms with van der Waals surface area (Å²) in [4.78, 5) is 0. The first kappa shape index (κ1) is 19.2. The van der Waals surface area contributed by atoms with Crippen LogP contribution in [-0.4, -0.2) is 9.13 Å². The second-order valence-corrected chi connectivity index (χ2v) is 8.30. The molecule has 0 saturated heterocycles. The van der Waals surface area contributed by atoms with Crippen LogP contribution in [-0.2, 0) is 19.5 Å². The first-order chi connectivity index (χ1) is 15.0. The van der Waals surface area contributed by atoms with Crippen molar-refractivity contribution in [2.24, 2.45) is 14.1 Å². The van der Waals surface area contributed by atoms with Gasteiger partial charge in [0.1, 0.15) is 5.41 Å². The number of nitrogens with zero attached hydrogens (tertiary/aromatic N) is 3. The highest BCUT2D eigenvalue weighted by Gasteiger charge is 2.44. The number of para-hydroxylation sites is 2. The molecule has 3 nitrogen and oxygen atoms in total. The second kappa shape index (κ2) is 6.89. The molecule has 0 aliphatic heterocycles. The van der Waals surface area contributed by atoms with Crippen LogP contribution in [0.5, 0.6) is 0 Å². The van der Waals surface area contributed by atoms with Gasteiger partial charge >= 0.3 is 0 Å². The van der Waals surface area contributed by atoms with Crippen LogP contribution < -0.4 is 0 Å². The topological polar surface area (TPSA) is 33.6 Å². The van der Waals surface area contributed by atoms with Crippen LogP contribution in [0.25, 0.3) is 21.8 Å². The van der Waals surface area contributed by atoms with Crippen molar-refractivity contribution in [2.75, 3.05) is 0 Å². The Bertz CT molecular complexity index is 1390. The summed E-state index contributed by atoms with van der Waals surface area (Å²) >= 11 is 0. The molecule has 0 aliphatic carbocycles. The molecule has 0 spiro atoms. The number of aryl methyl sites for hydroxylation is 2. The monoisotopic (exact) mass is 403 g/mol. The van der Waals surface area contributed by atoms with E-state index in [1.807, 2.05) is 18.2 Å². The van der Waals surface area contributed by atoms with Crippen molar-refractivity contribution in [3.05, 3.63) is 107 Å². The number of hydrogen-bond donors (Lipinski definition) is 0. The normalized spacial score (nSPS) is 11.8. The molecule has 3 heteroatoms. The fraction of sp³-hybridized carbons (Fsp3) is 0.179. The third kappa shape index (κ3) is 2.45. The third-order valence-corrected chi connectivity index (χ3v) is 6.92. The molecule has 0 aliphatic rings. The number of fused-ring (bicyclic) bond motifs is 2. The van der Waals surface area contributed by atoms with Gasteiger partial charge in [0.25, 0.3) is 0 Å². The molecule has 152 valence electrons. The van der Waals surface area contributed by atoms with Crippen LogP contribution in [0.15, 0.2) is 78.9 Å².